The maximum absolute atomic E-state index is 12.5. The number of nitrogens with one attached hydrogen (secondary N) is 1. The molecule has 23 heavy (non-hydrogen) atoms. The summed E-state index contributed by atoms with van der Waals surface area (Å²) in [6, 6.07) is 7.14. The zero-order valence-corrected chi connectivity index (χ0v) is 13.8. The van der Waals surface area contributed by atoms with E-state index in [1.165, 1.54) is 0 Å². The minimum Gasteiger partial charge on any atom is -0.433 e. The first kappa shape index (κ1) is 17.3. The van der Waals surface area contributed by atoms with Crippen LogP contribution >= 0.6 is 0 Å². The maximum Gasteiger partial charge on any atom is 0.387 e. The van der Waals surface area contributed by atoms with Crippen molar-refractivity contribution < 1.29 is 13.5 Å². The molecular formula is C16H24F2N4O. The molecule has 5 nitrogen and oxygen atoms in total. The highest BCUT2D eigenvalue weighted by atomic mass is 19.3. The Bertz CT molecular complexity index is 537. The SMILES string of the molecule is CCN=C(NC1CCN(c2ccccc2OC(F)F)C1)N(C)C. The average molecular weight is 326 g/mol. The topological polar surface area (TPSA) is 40.1 Å². The van der Waals surface area contributed by atoms with Gasteiger partial charge in [-0.15, -0.1) is 0 Å². The van der Waals surface area contributed by atoms with Gasteiger partial charge in [-0.25, -0.2) is 0 Å². The van der Waals surface area contributed by atoms with Gasteiger partial charge in [0, 0.05) is 39.8 Å². The van der Waals surface area contributed by atoms with Crippen LogP contribution in [0.25, 0.3) is 0 Å². The predicted molar refractivity (Wildman–Crippen MR) is 88.5 cm³/mol. The van der Waals surface area contributed by atoms with E-state index in [-0.39, 0.29) is 11.8 Å². The van der Waals surface area contributed by atoms with Crippen LogP contribution in [-0.2, 0) is 0 Å². The normalized spacial score (nSPS) is 18.4. The Morgan fingerprint density at radius 2 is 2.17 bits per heavy atom. The Hall–Kier alpha value is -2.05. The third-order valence-electron chi connectivity index (χ3n) is 3.67. The van der Waals surface area contributed by atoms with Crippen LogP contribution in [0.3, 0.4) is 0 Å². The molecule has 1 N–H and O–H groups in total. The molecule has 0 amide bonds. The van der Waals surface area contributed by atoms with Crippen LogP contribution in [0.5, 0.6) is 5.75 Å². The van der Waals surface area contributed by atoms with Crippen molar-refractivity contribution >= 4 is 11.6 Å². The Kier molecular flexibility index (Phi) is 6.01. The van der Waals surface area contributed by atoms with Crippen LogP contribution in [0.1, 0.15) is 13.3 Å². The Labute approximate surface area is 135 Å². The number of benzene rings is 1. The molecule has 2 rings (SSSR count). The van der Waals surface area contributed by atoms with Crippen molar-refractivity contribution in [3.05, 3.63) is 24.3 Å². The average Bonchev–Trinajstić information content (AvgIpc) is 2.95. The summed E-state index contributed by atoms with van der Waals surface area (Å²) < 4.78 is 29.7. The van der Waals surface area contributed by atoms with Crippen LogP contribution in [0, 0.1) is 0 Å². The fourth-order valence-electron chi connectivity index (χ4n) is 2.66. The number of ether oxygens (including phenoxy) is 1. The number of hydrogen-bond acceptors (Lipinski definition) is 3. The molecule has 1 saturated heterocycles. The van der Waals surface area contributed by atoms with Gasteiger partial charge in [0.05, 0.1) is 5.69 Å². The van der Waals surface area contributed by atoms with Gasteiger partial charge in [0.1, 0.15) is 5.75 Å². The van der Waals surface area contributed by atoms with Gasteiger partial charge in [-0.3, -0.25) is 4.99 Å². The second-order valence-corrected chi connectivity index (χ2v) is 5.61. The van der Waals surface area contributed by atoms with Crippen LogP contribution in [0.2, 0.25) is 0 Å². The minimum absolute atomic E-state index is 0.221. The third kappa shape index (κ3) is 4.71. The van der Waals surface area contributed by atoms with Crippen molar-refractivity contribution in [1.29, 1.82) is 0 Å². The van der Waals surface area contributed by atoms with Crippen molar-refractivity contribution in [3.63, 3.8) is 0 Å². The van der Waals surface area contributed by atoms with Gasteiger partial charge in [0.15, 0.2) is 5.96 Å². The molecule has 1 atom stereocenters. The van der Waals surface area contributed by atoms with E-state index in [1.54, 1.807) is 12.1 Å². The van der Waals surface area contributed by atoms with E-state index in [9.17, 15) is 8.78 Å². The highest BCUT2D eigenvalue weighted by molar-refractivity contribution is 5.80. The van der Waals surface area contributed by atoms with Gasteiger partial charge in [-0.2, -0.15) is 8.78 Å². The molecule has 0 bridgehead atoms. The van der Waals surface area contributed by atoms with Gasteiger partial charge in [-0.05, 0) is 25.5 Å². The Morgan fingerprint density at radius 1 is 1.43 bits per heavy atom. The first-order valence-corrected chi connectivity index (χ1v) is 7.78. The Morgan fingerprint density at radius 3 is 2.83 bits per heavy atom. The summed E-state index contributed by atoms with van der Waals surface area (Å²) >= 11 is 0. The second kappa shape index (κ2) is 7.99. The lowest BCUT2D eigenvalue weighted by atomic mass is 10.2. The summed E-state index contributed by atoms with van der Waals surface area (Å²) in [6.45, 7) is 1.39. The molecule has 1 fully saturated rings. The number of nitrogens with zero attached hydrogens (tertiary/aromatic N) is 3. The van der Waals surface area contributed by atoms with E-state index in [4.69, 9.17) is 0 Å². The maximum atomic E-state index is 12.5. The van der Waals surface area contributed by atoms with E-state index in [0.29, 0.717) is 12.2 Å². The first-order valence-electron chi connectivity index (χ1n) is 7.78. The molecule has 0 saturated carbocycles. The van der Waals surface area contributed by atoms with Crippen molar-refractivity contribution in [2.75, 3.05) is 38.6 Å². The van der Waals surface area contributed by atoms with Crippen LogP contribution in [0.15, 0.2) is 29.3 Å². The second-order valence-electron chi connectivity index (χ2n) is 5.61. The number of para-hydroxylation sites is 2. The molecule has 1 aromatic carbocycles. The summed E-state index contributed by atoms with van der Waals surface area (Å²) in [5.74, 6) is 1.06. The number of guanidine groups is 1. The summed E-state index contributed by atoms with van der Waals surface area (Å²) in [5.41, 5.74) is 0.705. The van der Waals surface area contributed by atoms with E-state index in [2.05, 4.69) is 19.9 Å². The summed E-state index contributed by atoms with van der Waals surface area (Å²) in [5, 5.41) is 3.42. The van der Waals surface area contributed by atoms with Gasteiger partial charge >= 0.3 is 6.61 Å². The van der Waals surface area contributed by atoms with Crippen molar-refractivity contribution in [3.8, 4) is 5.75 Å². The molecule has 1 aromatic rings. The third-order valence-corrected chi connectivity index (χ3v) is 3.67. The molecule has 1 aliphatic rings. The molecule has 1 heterocycles. The van der Waals surface area contributed by atoms with Crippen molar-refractivity contribution in [1.82, 2.24) is 10.2 Å². The summed E-state index contributed by atoms with van der Waals surface area (Å²) in [6.07, 6.45) is 0.916. The quantitative estimate of drug-likeness (QED) is 0.666. The Balaban J connectivity index is 2.04. The number of anilines is 1. The zero-order chi connectivity index (χ0) is 16.8. The standard InChI is InChI=1S/C16H24F2N4O/c1-4-19-16(21(2)3)20-12-9-10-22(11-12)13-7-5-6-8-14(13)23-15(17)18/h5-8,12,15H,4,9-11H2,1-3H3,(H,19,20). The summed E-state index contributed by atoms with van der Waals surface area (Å²) in [4.78, 5) is 8.44. The molecule has 7 heteroatoms. The van der Waals surface area contributed by atoms with Gasteiger partial charge in [0.25, 0.3) is 0 Å². The largest absolute Gasteiger partial charge is 0.433 e. The molecule has 0 radical (unpaired) electrons. The van der Waals surface area contributed by atoms with E-state index in [1.807, 2.05) is 38.1 Å². The van der Waals surface area contributed by atoms with Crippen LogP contribution in [0.4, 0.5) is 14.5 Å². The molecule has 128 valence electrons. The molecule has 1 unspecified atom stereocenters. The lowest BCUT2D eigenvalue weighted by molar-refractivity contribution is -0.0495. The van der Waals surface area contributed by atoms with Gasteiger partial charge in [-0.1, -0.05) is 12.1 Å². The van der Waals surface area contributed by atoms with Crippen molar-refractivity contribution in [2.45, 2.75) is 26.0 Å². The number of rotatable bonds is 5. The van der Waals surface area contributed by atoms with E-state index >= 15 is 0 Å². The molecule has 1 aliphatic heterocycles. The van der Waals surface area contributed by atoms with Crippen molar-refractivity contribution in [2.24, 2.45) is 4.99 Å². The molecular weight excluding hydrogens is 302 g/mol. The highest BCUT2D eigenvalue weighted by Gasteiger charge is 2.26. The summed E-state index contributed by atoms with van der Waals surface area (Å²) in [7, 11) is 3.89. The highest BCUT2D eigenvalue weighted by Crippen LogP contribution is 2.31. The fraction of sp³-hybridized carbons (Fsp3) is 0.562. The molecule has 0 aliphatic carbocycles. The lowest BCUT2D eigenvalue weighted by Gasteiger charge is -2.24. The minimum atomic E-state index is -2.82. The van der Waals surface area contributed by atoms with E-state index < -0.39 is 6.61 Å². The van der Waals surface area contributed by atoms with Gasteiger partial charge in [0.2, 0.25) is 0 Å². The molecule has 0 spiro atoms. The monoisotopic (exact) mass is 326 g/mol. The van der Waals surface area contributed by atoms with E-state index in [0.717, 1.165) is 25.5 Å². The first-order chi connectivity index (χ1) is 11.0. The smallest absolute Gasteiger partial charge is 0.387 e. The molecule has 0 aromatic heterocycles. The van der Waals surface area contributed by atoms with Crippen LogP contribution in [-0.4, -0.2) is 57.2 Å². The number of aliphatic imine (C=N–C) groups is 1. The zero-order valence-electron chi connectivity index (χ0n) is 13.8. The number of alkyl halides is 2. The fourth-order valence-corrected chi connectivity index (χ4v) is 2.66. The lowest BCUT2D eigenvalue weighted by Crippen LogP contribution is -2.44. The van der Waals surface area contributed by atoms with Crippen LogP contribution < -0.4 is 15.0 Å². The predicted octanol–water partition coefficient (Wildman–Crippen LogP) is 2.39. The number of halogens is 2. The number of hydrogen-bond donors (Lipinski definition) is 1. The van der Waals surface area contributed by atoms with Gasteiger partial charge < -0.3 is 19.9 Å².